The summed E-state index contributed by atoms with van der Waals surface area (Å²) in [6, 6.07) is 7.38. The molecule has 2 rings (SSSR count). The summed E-state index contributed by atoms with van der Waals surface area (Å²) < 4.78 is 6.38. The van der Waals surface area contributed by atoms with Gasteiger partial charge in [-0.2, -0.15) is 0 Å². The molecule has 0 aliphatic rings. The molecule has 1 atom stereocenters. The molecule has 0 aliphatic heterocycles. The van der Waals surface area contributed by atoms with Crippen LogP contribution in [0.15, 0.2) is 34.1 Å². The van der Waals surface area contributed by atoms with Crippen LogP contribution in [-0.2, 0) is 0 Å². The van der Waals surface area contributed by atoms with E-state index in [-0.39, 0.29) is 6.04 Å². The number of benzene rings is 1. The first-order valence-corrected chi connectivity index (χ1v) is 7.25. The van der Waals surface area contributed by atoms with Gasteiger partial charge in [0.2, 0.25) is 0 Å². The van der Waals surface area contributed by atoms with Gasteiger partial charge in [-0.1, -0.05) is 17.7 Å². The normalized spacial score (nSPS) is 12.4. The van der Waals surface area contributed by atoms with Crippen LogP contribution in [0.1, 0.15) is 16.5 Å². The molecule has 3 N–H and O–H groups in total. The summed E-state index contributed by atoms with van der Waals surface area (Å²) in [7, 11) is 1.62. The molecule has 1 unspecified atom stereocenters. The summed E-state index contributed by atoms with van der Waals surface area (Å²) in [5.41, 5.74) is 3.76. The number of ether oxygens (including phenoxy) is 1. The molecule has 18 heavy (non-hydrogen) atoms. The van der Waals surface area contributed by atoms with E-state index >= 15 is 0 Å². The van der Waals surface area contributed by atoms with Gasteiger partial charge in [0.25, 0.3) is 0 Å². The van der Waals surface area contributed by atoms with E-state index in [2.05, 4.69) is 21.4 Å². The van der Waals surface area contributed by atoms with Gasteiger partial charge >= 0.3 is 0 Å². The molecule has 0 spiro atoms. The quantitative estimate of drug-likeness (QED) is 0.654. The average molecular weight is 348 g/mol. The van der Waals surface area contributed by atoms with Gasteiger partial charge in [0.05, 0.1) is 13.2 Å². The van der Waals surface area contributed by atoms with Crippen molar-refractivity contribution in [3.8, 4) is 5.75 Å². The van der Waals surface area contributed by atoms with Crippen molar-refractivity contribution in [2.24, 2.45) is 5.84 Å². The summed E-state index contributed by atoms with van der Waals surface area (Å²) >= 11 is 11.1. The van der Waals surface area contributed by atoms with Crippen LogP contribution in [0.2, 0.25) is 5.02 Å². The zero-order chi connectivity index (χ0) is 13.1. The van der Waals surface area contributed by atoms with Crippen LogP contribution in [0.5, 0.6) is 5.75 Å². The standard InChI is InChI=1S/C12H12BrClN2OS/c1-17-10-6-7(14)2-3-8(10)11(16-15)12-9(13)4-5-18-12/h2-6,11,16H,15H2,1H3. The number of thiophene rings is 1. The molecule has 3 nitrogen and oxygen atoms in total. The lowest BCUT2D eigenvalue weighted by Crippen LogP contribution is -2.28. The van der Waals surface area contributed by atoms with Crippen LogP contribution in [0.25, 0.3) is 0 Å². The lowest BCUT2D eigenvalue weighted by atomic mass is 10.0. The molecular formula is C12H12BrClN2OS. The minimum Gasteiger partial charge on any atom is -0.496 e. The maximum atomic E-state index is 5.96. The fourth-order valence-electron chi connectivity index (χ4n) is 1.74. The van der Waals surface area contributed by atoms with E-state index < -0.39 is 0 Å². The zero-order valence-corrected chi connectivity index (χ0v) is 12.8. The molecule has 0 bridgehead atoms. The Morgan fingerprint density at radius 1 is 1.44 bits per heavy atom. The summed E-state index contributed by atoms with van der Waals surface area (Å²) in [6.07, 6.45) is 0. The minimum absolute atomic E-state index is 0.133. The van der Waals surface area contributed by atoms with Gasteiger partial charge in [0, 0.05) is 19.9 Å². The maximum absolute atomic E-state index is 5.96. The molecule has 0 fully saturated rings. The molecule has 0 aliphatic carbocycles. The highest BCUT2D eigenvalue weighted by atomic mass is 79.9. The summed E-state index contributed by atoms with van der Waals surface area (Å²) in [4.78, 5) is 1.10. The Bertz CT molecular complexity index is 547. The smallest absolute Gasteiger partial charge is 0.125 e. The predicted octanol–water partition coefficient (Wildman–Crippen LogP) is 3.73. The highest BCUT2D eigenvalue weighted by Gasteiger charge is 2.20. The summed E-state index contributed by atoms with van der Waals surface area (Å²) in [6.45, 7) is 0. The van der Waals surface area contributed by atoms with E-state index in [1.165, 1.54) is 0 Å². The molecule has 1 aromatic carbocycles. The van der Waals surface area contributed by atoms with E-state index in [1.54, 1.807) is 24.5 Å². The van der Waals surface area contributed by atoms with Crippen LogP contribution in [0, 0.1) is 0 Å². The van der Waals surface area contributed by atoms with Gasteiger partial charge in [-0.25, -0.2) is 5.43 Å². The summed E-state index contributed by atoms with van der Waals surface area (Å²) in [5.74, 6) is 6.39. The number of hydrogen-bond donors (Lipinski definition) is 2. The molecule has 6 heteroatoms. The van der Waals surface area contributed by atoms with E-state index in [1.807, 2.05) is 23.6 Å². The first-order chi connectivity index (χ1) is 8.67. The summed E-state index contributed by atoms with van der Waals surface area (Å²) in [5, 5.41) is 2.64. The third-order valence-electron chi connectivity index (χ3n) is 2.58. The third-order valence-corrected chi connectivity index (χ3v) is 4.75. The Labute approximate surface area is 123 Å². The van der Waals surface area contributed by atoms with Crippen molar-refractivity contribution in [1.29, 1.82) is 0 Å². The number of rotatable bonds is 4. The van der Waals surface area contributed by atoms with Crippen molar-refractivity contribution >= 4 is 38.9 Å². The van der Waals surface area contributed by atoms with E-state index in [9.17, 15) is 0 Å². The van der Waals surface area contributed by atoms with E-state index in [4.69, 9.17) is 22.2 Å². The van der Waals surface area contributed by atoms with Gasteiger partial charge < -0.3 is 4.74 Å². The molecule has 1 aromatic heterocycles. The van der Waals surface area contributed by atoms with Crippen LogP contribution in [0.3, 0.4) is 0 Å². The Morgan fingerprint density at radius 2 is 2.22 bits per heavy atom. The maximum Gasteiger partial charge on any atom is 0.125 e. The van der Waals surface area contributed by atoms with Crippen molar-refractivity contribution < 1.29 is 4.74 Å². The lowest BCUT2D eigenvalue weighted by Gasteiger charge is -2.18. The van der Waals surface area contributed by atoms with Crippen LogP contribution >= 0.6 is 38.9 Å². The van der Waals surface area contributed by atoms with Gasteiger partial charge in [0.1, 0.15) is 5.75 Å². The van der Waals surface area contributed by atoms with Gasteiger partial charge in [-0.15, -0.1) is 11.3 Å². The fraction of sp³-hybridized carbons (Fsp3) is 0.167. The fourth-order valence-corrected chi connectivity index (χ4v) is 3.58. The Morgan fingerprint density at radius 3 is 2.78 bits per heavy atom. The topological polar surface area (TPSA) is 47.3 Å². The molecule has 0 saturated heterocycles. The van der Waals surface area contributed by atoms with Crippen molar-refractivity contribution in [1.82, 2.24) is 5.43 Å². The third kappa shape index (κ3) is 2.70. The Kier molecular flexibility index (Phi) is 4.64. The molecule has 2 aromatic rings. The van der Waals surface area contributed by atoms with Gasteiger partial charge in [-0.05, 0) is 39.5 Å². The predicted molar refractivity (Wildman–Crippen MR) is 79.2 cm³/mol. The van der Waals surface area contributed by atoms with Gasteiger partial charge in [-0.3, -0.25) is 5.84 Å². The SMILES string of the molecule is COc1cc(Cl)ccc1C(NN)c1sccc1Br. The number of hydrogen-bond acceptors (Lipinski definition) is 4. The average Bonchev–Trinajstić information content (AvgIpc) is 2.78. The van der Waals surface area contributed by atoms with Crippen LogP contribution in [-0.4, -0.2) is 7.11 Å². The van der Waals surface area contributed by atoms with Crippen molar-refractivity contribution in [2.75, 3.05) is 7.11 Å². The second-order valence-electron chi connectivity index (χ2n) is 3.62. The number of hydrazine groups is 1. The monoisotopic (exact) mass is 346 g/mol. The van der Waals surface area contributed by atoms with Crippen molar-refractivity contribution in [3.63, 3.8) is 0 Å². The van der Waals surface area contributed by atoms with Crippen LogP contribution in [0.4, 0.5) is 0 Å². The Balaban J connectivity index is 2.48. The largest absolute Gasteiger partial charge is 0.496 e. The lowest BCUT2D eigenvalue weighted by molar-refractivity contribution is 0.404. The molecule has 0 radical (unpaired) electrons. The van der Waals surface area contributed by atoms with Crippen molar-refractivity contribution in [3.05, 3.63) is 49.6 Å². The second-order valence-corrected chi connectivity index (χ2v) is 5.86. The molecule has 0 amide bonds. The molecule has 1 heterocycles. The molecule has 0 saturated carbocycles. The number of methoxy groups -OCH3 is 1. The minimum atomic E-state index is -0.133. The first kappa shape index (κ1) is 13.8. The second kappa shape index (κ2) is 6.04. The highest BCUT2D eigenvalue weighted by molar-refractivity contribution is 9.10. The number of nitrogens with two attached hydrogens (primary N) is 1. The van der Waals surface area contributed by atoms with Crippen molar-refractivity contribution in [2.45, 2.75) is 6.04 Å². The van der Waals surface area contributed by atoms with E-state index in [0.29, 0.717) is 10.8 Å². The van der Waals surface area contributed by atoms with Gasteiger partial charge in [0.15, 0.2) is 0 Å². The van der Waals surface area contributed by atoms with Crippen LogP contribution < -0.4 is 16.0 Å². The number of halogens is 2. The number of nitrogens with one attached hydrogen (secondary N) is 1. The zero-order valence-electron chi connectivity index (χ0n) is 9.61. The molecule has 96 valence electrons. The Hall–Kier alpha value is -0.590. The first-order valence-electron chi connectivity index (χ1n) is 5.19. The highest BCUT2D eigenvalue weighted by Crippen LogP contribution is 2.37. The van der Waals surface area contributed by atoms with E-state index in [0.717, 1.165) is 14.9 Å². The molecular weight excluding hydrogens is 336 g/mol.